The molecule has 0 spiro atoms. The van der Waals surface area contributed by atoms with Gasteiger partial charge in [-0.05, 0) is 55.4 Å². The second kappa shape index (κ2) is 10.0. The van der Waals surface area contributed by atoms with Gasteiger partial charge < -0.3 is 10.1 Å². The molecule has 1 aliphatic rings. The summed E-state index contributed by atoms with van der Waals surface area (Å²) in [5.41, 5.74) is 5.16. The number of carbonyl (C=O) groups excluding carboxylic acids is 2. The lowest BCUT2D eigenvalue weighted by atomic mass is 9.85. The molecule has 5 rings (SSSR count). The van der Waals surface area contributed by atoms with Crippen LogP contribution in [-0.4, -0.2) is 24.0 Å². The number of anilines is 1. The van der Waals surface area contributed by atoms with Gasteiger partial charge in [0.2, 0.25) is 0 Å². The van der Waals surface area contributed by atoms with Crippen LogP contribution in [0.4, 0.5) is 5.00 Å². The number of halogens is 1. The van der Waals surface area contributed by atoms with E-state index in [0.717, 1.165) is 47.3 Å². The largest absolute Gasteiger partial charge is 0.465 e. The topological polar surface area (TPSA) is 68.3 Å². The maximum absolute atomic E-state index is 13.8. The van der Waals surface area contributed by atoms with Crippen LogP contribution in [0.5, 0.6) is 0 Å². The number of pyridine rings is 1. The molecule has 1 aliphatic carbocycles. The summed E-state index contributed by atoms with van der Waals surface area (Å²) in [5, 5.41) is 4.72. The fourth-order valence-electron chi connectivity index (χ4n) is 4.98. The first-order chi connectivity index (χ1) is 17.4. The average molecular weight is 519 g/mol. The van der Waals surface area contributed by atoms with Crippen molar-refractivity contribution in [1.82, 2.24) is 4.98 Å². The number of amides is 1. The molecule has 0 saturated carbocycles. The minimum Gasteiger partial charge on any atom is -0.465 e. The number of esters is 1. The molecule has 36 heavy (non-hydrogen) atoms. The van der Waals surface area contributed by atoms with Crippen LogP contribution in [0.3, 0.4) is 0 Å². The normalized spacial score (nSPS) is 14.9. The second-order valence-corrected chi connectivity index (χ2v) is 10.7. The smallest absolute Gasteiger partial charge is 0.341 e. The summed E-state index contributed by atoms with van der Waals surface area (Å²) < 4.78 is 5.11. The molecule has 1 amide bonds. The van der Waals surface area contributed by atoms with Crippen molar-refractivity contribution in [3.63, 3.8) is 0 Å². The van der Waals surface area contributed by atoms with Gasteiger partial charge in [-0.25, -0.2) is 9.78 Å². The number of hydrogen-bond donors (Lipinski definition) is 1. The summed E-state index contributed by atoms with van der Waals surface area (Å²) in [6.45, 7) is 4.20. The molecule has 4 aromatic rings. The second-order valence-electron chi connectivity index (χ2n) is 9.18. The molecule has 2 heterocycles. The van der Waals surface area contributed by atoms with E-state index >= 15 is 0 Å². The Labute approximate surface area is 219 Å². The molecule has 1 unspecified atom stereocenters. The van der Waals surface area contributed by atoms with Gasteiger partial charge in [0, 0.05) is 15.8 Å². The van der Waals surface area contributed by atoms with E-state index in [-0.39, 0.29) is 5.91 Å². The highest BCUT2D eigenvalue weighted by Crippen LogP contribution is 2.41. The number of ether oxygens (including phenoxy) is 1. The molecule has 7 heteroatoms. The van der Waals surface area contributed by atoms with Crippen LogP contribution in [0.1, 0.15) is 56.5 Å². The third kappa shape index (κ3) is 4.40. The van der Waals surface area contributed by atoms with E-state index in [4.69, 9.17) is 21.3 Å². The Morgan fingerprint density at radius 3 is 2.75 bits per heavy atom. The number of hydrogen-bond acceptors (Lipinski definition) is 5. The minimum atomic E-state index is -0.416. The Morgan fingerprint density at radius 1 is 1.19 bits per heavy atom. The van der Waals surface area contributed by atoms with Crippen LogP contribution in [0.25, 0.3) is 22.2 Å². The summed E-state index contributed by atoms with van der Waals surface area (Å²) in [6, 6.07) is 15.1. The van der Waals surface area contributed by atoms with Crippen molar-refractivity contribution in [1.29, 1.82) is 0 Å². The highest BCUT2D eigenvalue weighted by atomic mass is 35.5. The zero-order valence-electron chi connectivity index (χ0n) is 20.5. The maximum atomic E-state index is 13.8. The van der Waals surface area contributed by atoms with Gasteiger partial charge in [0.1, 0.15) is 5.00 Å². The van der Waals surface area contributed by atoms with Gasteiger partial charge in [0.05, 0.1) is 34.5 Å². The zero-order chi connectivity index (χ0) is 25.4. The standard InChI is InChI=1S/C29H27ClN2O3S/c1-4-17-12-13-20-24(14-17)36-28(25(20)29(34)35-3)32-27(33)21-15-23(18-9-6-5-8-16(18)2)31-26-19(21)10-7-11-22(26)30/h5-11,15,17H,4,12-14H2,1-3H3,(H,32,33). The van der Waals surface area contributed by atoms with Crippen LogP contribution in [0.15, 0.2) is 48.5 Å². The van der Waals surface area contributed by atoms with Crippen molar-refractivity contribution in [2.45, 2.75) is 39.5 Å². The van der Waals surface area contributed by atoms with Crippen LogP contribution >= 0.6 is 22.9 Å². The van der Waals surface area contributed by atoms with Crippen molar-refractivity contribution < 1.29 is 14.3 Å². The van der Waals surface area contributed by atoms with E-state index in [1.54, 1.807) is 12.1 Å². The van der Waals surface area contributed by atoms with E-state index in [2.05, 4.69) is 12.2 Å². The molecule has 0 radical (unpaired) electrons. The lowest BCUT2D eigenvalue weighted by Crippen LogP contribution is -2.17. The van der Waals surface area contributed by atoms with E-state index in [0.29, 0.717) is 43.7 Å². The van der Waals surface area contributed by atoms with Crippen LogP contribution in [0, 0.1) is 12.8 Å². The number of methoxy groups -OCH3 is 1. The Morgan fingerprint density at radius 2 is 2.00 bits per heavy atom. The van der Waals surface area contributed by atoms with Crippen LogP contribution in [-0.2, 0) is 17.6 Å². The average Bonchev–Trinajstić information content (AvgIpc) is 3.25. The molecule has 184 valence electrons. The van der Waals surface area contributed by atoms with Gasteiger partial charge in [-0.15, -0.1) is 11.3 Å². The SMILES string of the molecule is CCC1CCc2c(sc(NC(=O)c3cc(-c4ccccc4C)nc4c(Cl)cccc34)c2C(=O)OC)C1. The maximum Gasteiger partial charge on any atom is 0.341 e. The van der Waals surface area contributed by atoms with Gasteiger partial charge in [-0.1, -0.05) is 61.3 Å². The molecule has 0 aliphatic heterocycles. The summed E-state index contributed by atoms with van der Waals surface area (Å²) in [5.74, 6) is -0.135. The number of nitrogens with zero attached hydrogens (tertiary/aromatic N) is 1. The number of aromatic nitrogens is 1. The van der Waals surface area contributed by atoms with Gasteiger partial charge in [0.15, 0.2) is 0 Å². The first kappa shape index (κ1) is 24.5. The lowest BCUT2D eigenvalue weighted by Gasteiger charge is -2.20. The fraction of sp³-hybridized carbons (Fsp3) is 0.276. The Bertz CT molecular complexity index is 1490. The summed E-state index contributed by atoms with van der Waals surface area (Å²) in [7, 11) is 1.38. The molecule has 1 N–H and O–H groups in total. The van der Waals surface area contributed by atoms with Gasteiger partial charge >= 0.3 is 5.97 Å². The Balaban J connectivity index is 1.61. The third-order valence-electron chi connectivity index (χ3n) is 7.02. The number of thiophene rings is 1. The zero-order valence-corrected chi connectivity index (χ0v) is 22.1. The molecular formula is C29H27ClN2O3S. The highest BCUT2D eigenvalue weighted by molar-refractivity contribution is 7.17. The van der Waals surface area contributed by atoms with Gasteiger partial charge in [-0.2, -0.15) is 0 Å². The Kier molecular flexibility index (Phi) is 6.82. The van der Waals surface area contributed by atoms with Crippen molar-refractivity contribution in [2.24, 2.45) is 5.92 Å². The van der Waals surface area contributed by atoms with Crippen molar-refractivity contribution >= 4 is 50.7 Å². The minimum absolute atomic E-state index is 0.310. The number of fused-ring (bicyclic) bond motifs is 2. The fourth-order valence-corrected chi connectivity index (χ4v) is 6.54. The van der Waals surface area contributed by atoms with Crippen LogP contribution in [0.2, 0.25) is 5.02 Å². The number of nitrogens with one attached hydrogen (secondary N) is 1. The van der Waals surface area contributed by atoms with Crippen LogP contribution < -0.4 is 5.32 Å². The Hall–Kier alpha value is -3.22. The summed E-state index contributed by atoms with van der Waals surface area (Å²) >= 11 is 8.01. The number of aryl methyl sites for hydroxylation is 1. The number of para-hydroxylation sites is 1. The molecule has 5 nitrogen and oxygen atoms in total. The van der Waals surface area contributed by atoms with Crippen molar-refractivity contribution in [2.75, 3.05) is 12.4 Å². The first-order valence-electron chi connectivity index (χ1n) is 12.1. The number of carbonyl (C=O) groups is 2. The molecule has 2 aromatic heterocycles. The molecule has 0 fully saturated rings. The molecule has 0 bridgehead atoms. The quantitative estimate of drug-likeness (QED) is 0.278. The van der Waals surface area contributed by atoms with E-state index in [1.165, 1.54) is 18.4 Å². The van der Waals surface area contributed by atoms with E-state index in [1.807, 2.05) is 43.3 Å². The van der Waals surface area contributed by atoms with E-state index < -0.39 is 5.97 Å². The summed E-state index contributed by atoms with van der Waals surface area (Å²) in [4.78, 5) is 32.5. The molecule has 1 atom stereocenters. The summed E-state index contributed by atoms with van der Waals surface area (Å²) in [6.07, 6.45) is 3.86. The van der Waals surface area contributed by atoms with Crippen molar-refractivity contribution in [3.8, 4) is 11.3 Å². The molecular weight excluding hydrogens is 492 g/mol. The monoisotopic (exact) mass is 518 g/mol. The van der Waals surface area contributed by atoms with Crippen molar-refractivity contribution in [3.05, 3.63) is 80.7 Å². The van der Waals surface area contributed by atoms with Gasteiger partial charge in [-0.3, -0.25) is 4.79 Å². The number of rotatable bonds is 5. The third-order valence-corrected chi connectivity index (χ3v) is 8.49. The molecule has 0 saturated heterocycles. The van der Waals surface area contributed by atoms with E-state index in [9.17, 15) is 9.59 Å². The molecule has 2 aromatic carbocycles. The predicted octanol–water partition coefficient (Wildman–Crippen LogP) is 7.48. The van der Waals surface area contributed by atoms with Gasteiger partial charge in [0.25, 0.3) is 5.91 Å². The predicted molar refractivity (Wildman–Crippen MR) is 146 cm³/mol. The number of benzene rings is 2. The first-order valence-corrected chi connectivity index (χ1v) is 13.3. The highest BCUT2D eigenvalue weighted by Gasteiger charge is 2.30. The lowest BCUT2D eigenvalue weighted by molar-refractivity contribution is 0.0601.